The fourth-order valence-electron chi connectivity index (χ4n) is 6.07. The van der Waals surface area contributed by atoms with Gasteiger partial charge in [-0.15, -0.1) is 0 Å². The smallest absolute Gasteiger partial charge is 0.262 e. The van der Waals surface area contributed by atoms with Crippen LogP contribution in [0.5, 0.6) is 0 Å². The number of carbonyl (C=O) groups is 4. The van der Waals surface area contributed by atoms with E-state index in [4.69, 9.17) is 0 Å². The molecule has 0 radical (unpaired) electrons. The molecule has 1 N–H and O–H groups in total. The predicted octanol–water partition coefficient (Wildman–Crippen LogP) is 1.89. The van der Waals surface area contributed by atoms with Crippen molar-refractivity contribution in [3.63, 3.8) is 0 Å². The molecule has 33 heavy (non-hydrogen) atoms. The lowest BCUT2D eigenvalue weighted by molar-refractivity contribution is -0.128. The first-order valence-electron chi connectivity index (χ1n) is 12.1. The summed E-state index contributed by atoms with van der Waals surface area (Å²) in [6.45, 7) is 9.64. The van der Waals surface area contributed by atoms with E-state index in [9.17, 15) is 19.2 Å². The van der Waals surface area contributed by atoms with E-state index in [1.807, 2.05) is 13.0 Å². The van der Waals surface area contributed by atoms with Crippen molar-refractivity contribution in [3.05, 3.63) is 29.3 Å². The molecule has 176 valence electrons. The van der Waals surface area contributed by atoms with Crippen LogP contribution in [0.2, 0.25) is 0 Å². The molecule has 4 amide bonds. The third kappa shape index (κ3) is 3.94. The fourth-order valence-corrected chi connectivity index (χ4v) is 6.07. The van der Waals surface area contributed by atoms with Crippen LogP contribution >= 0.6 is 0 Å². The van der Waals surface area contributed by atoms with Gasteiger partial charge in [0, 0.05) is 38.4 Å². The number of hydrogen-bond donors (Lipinski definition) is 1. The van der Waals surface area contributed by atoms with E-state index in [1.54, 1.807) is 12.1 Å². The first kappa shape index (κ1) is 22.1. The van der Waals surface area contributed by atoms with Crippen molar-refractivity contribution < 1.29 is 19.2 Å². The number of amides is 4. The molecule has 0 spiro atoms. The van der Waals surface area contributed by atoms with Gasteiger partial charge in [0.25, 0.3) is 11.8 Å². The van der Waals surface area contributed by atoms with Gasteiger partial charge in [0.1, 0.15) is 6.04 Å². The molecule has 8 heteroatoms. The van der Waals surface area contributed by atoms with Gasteiger partial charge in [0.05, 0.1) is 11.1 Å². The highest BCUT2D eigenvalue weighted by Crippen LogP contribution is 2.46. The Hall–Kier alpha value is -2.74. The lowest BCUT2D eigenvalue weighted by Gasteiger charge is -2.31. The van der Waals surface area contributed by atoms with Gasteiger partial charge in [0.15, 0.2) is 0 Å². The first-order chi connectivity index (χ1) is 15.8. The number of nitrogens with zero attached hydrogens (tertiary/aromatic N) is 3. The lowest BCUT2D eigenvalue weighted by atomic mass is 9.89. The van der Waals surface area contributed by atoms with Crippen LogP contribution in [0.4, 0.5) is 5.69 Å². The van der Waals surface area contributed by atoms with Crippen LogP contribution in [-0.2, 0) is 9.59 Å². The second-order valence-corrected chi connectivity index (χ2v) is 10.6. The van der Waals surface area contributed by atoms with E-state index >= 15 is 0 Å². The number of anilines is 1. The molecule has 8 nitrogen and oxygen atoms in total. The summed E-state index contributed by atoms with van der Waals surface area (Å²) in [5, 5.41) is 2.10. The number of likely N-dealkylation sites (tertiary alicyclic amines) is 1. The number of imide groups is 2. The molecular formula is C25H32N4O4. The average molecular weight is 453 g/mol. The van der Waals surface area contributed by atoms with Crippen molar-refractivity contribution in [2.75, 3.05) is 37.6 Å². The maximum absolute atomic E-state index is 13.2. The summed E-state index contributed by atoms with van der Waals surface area (Å²) in [7, 11) is 0. The minimum atomic E-state index is -0.988. The summed E-state index contributed by atoms with van der Waals surface area (Å²) in [4.78, 5) is 55.3. The topological polar surface area (TPSA) is 90.0 Å². The second kappa shape index (κ2) is 8.24. The Morgan fingerprint density at radius 3 is 2.64 bits per heavy atom. The van der Waals surface area contributed by atoms with Gasteiger partial charge in [-0.25, -0.2) is 0 Å². The van der Waals surface area contributed by atoms with Crippen LogP contribution in [0.25, 0.3) is 0 Å². The lowest BCUT2D eigenvalue weighted by Crippen LogP contribution is -2.49. The van der Waals surface area contributed by atoms with Gasteiger partial charge in [-0.3, -0.25) is 29.4 Å². The van der Waals surface area contributed by atoms with E-state index < -0.39 is 23.8 Å². The molecular weight excluding hydrogens is 420 g/mol. The minimum Gasteiger partial charge on any atom is -0.371 e. The van der Waals surface area contributed by atoms with Gasteiger partial charge < -0.3 is 9.80 Å². The molecule has 3 heterocycles. The highest BCUT2D eigenvalue weighted by Gasteiger charge is 2.47. The fraction of sp³-hybridized carbons (Fsp3) is 0.600. The minimum absolute atomic E-state index is 0.209. The van der Waals surface area contributed by atoms with Gasteiger partial charge in [0.2, 0.25) is 12.3 Å². The van der Waals surface area contributed by atoms with E-state index in [-0.39, 0.29) is 11.8 Å². The van der Waals surface area contributed by atoms with Crippen molar-refractivity contribution in [2.45, 2.75) is 45.6 Å². The predicted molar refractivity (Wildman–Crippen MR) is 123 cm³/mol. The van der Waals surface area contributed by atoms with Crippen molar-refractivity contribution >= 4 is 29.8 Å². The number of rotatable bonds is 8. The first-order valence-corrected chi connectivity index (χ1v) is 12.1. The number of hydrogen-bond acceptors (Lipinski definition) is 6. The second-order valence-electron chi connectivity index (χ2n) is 10.6. The Bertz CT molecular complexity index is 1000. The van der Waals surface area contributed by atoms with Crippen molar-refractivity contribution in [1.82, 2.24) is 15.1 Å². The van der Waals surface area contributed by atoms with E-state index in [1.165, 1.54) is 19.5 Å². The maximum Gasteiger partial charge on any atom is 0.262 e. The van der Waals surface area contributed by atoms with E-state index in [0.717, 1.165) is 48.5 Å². The molecule has 0 aromatic heterocycles. The molecule has 4 aliphatic rings. The summed E-state index contributed by atoms with van der Waals surface area (Å²) in [5.41, 5.74) is 1.81. The molecule has 2 saturated heterocycles. The van der Waals surface area contributed by atoms with Crippen molar-refractivity contribution in [2.24, 2.45) is 17.3 Å². The standard InChI is InChI=1S/C25H32N4O4/c1-3-4-21(22(31)26-15-30)29-23(32)19-6-5-18(10-20(19)24(29)33)28-8-7-25(2,14-28)13-27-11-16-9-17(16)12-27/h5-6,10,15-17,21H,3-4,7-9,11-14H2,1-2H3,(H,26,30,31). The molecule has 0 bridgehead atoms. The number of piperidine rings is 1. The number of benzene rings is 1. The zero-order valence-electron chi connectivity index (χ0n) is 19.4. The molecule has 1 aliphatic carbocycles. The molecule has 1 aromatic carbocycles. The summed E-state index contributed by atoms with van der Waals surface area (Å²) < 4.78 is 0. The van der Waals surface area contributed by atoms with Crippen LogP contribution in [0, 0.1) is 17.3 Å². The summed E-state index contributed by atoms with van der Waals surface area (Å²) in [5.74, 6) is 0.296. The third-order valence-corrected chi connectivity index (χ3v) is 7.86. The Balaban J connectivity index is 1.31. The van der Waals surface area contributed by atoms with E-state index in [2.05, 4.69) is 22.0 Å². The SMILES string of the molecule is CCCC(C(=O)NC=O)N1C(=O)c2ccc(N3CCC(C)(CN4CC5CC5C4)C3)cc2C1=O. The van der Waals surface area contributed by atoms with Crippen LogP contribution in [-0.4, -0.2) is 72.7 Å². The highest BCUT2D eigenvalue weighted by molar-refractivity contribution is 6.23. The average Bonchev–Trinajstić information content (AvgIpc) is 3.10. The summed E-state index contributed by atoms with van der Waals surface area (Å²) in [6.07, 6.45) is 3.70. The Morgan fingerprint density at radius 1 is 1.21 bits per heavy atom. The zero-order chi connectivity index (χ0) is 23.3. The van der Waals surface area contributed by atoms with Crippen molar-refractivity contribution in [1.29, 1.82) is 0 Å². The molecule has 4 atom stereocenters. The Kier molecular flexibility index (Phi) is 5.51. The van der Waals surface area contributed by atoms with Crippen molar-refractivity contribution in [3.8, 4) is 0 Å². The number of fused-ring (bicyclic) bond motifs is 2. The number of nitrogens with one attached hydrogen (secondary N) is 1. The van der Waals surface area contributed by atoms with E-state index in [0.29, 0.717) is 24.0 Å². The third-order valence-electron chi connectivity index (χ3n) is 7.86. The maximum atomic E-state index is 13.2. The van der Waals surface area contributed by atoms with Crippen LogP contribution in [0.15, 0.2) is 18.2 Å². The summed E-state index contributed by atoms with van der Waals surface area (Å²) >= 11 is 0. The molecule has 4 unspecified atom stereocenters. The van der Waals surface area contributed by atoms with Crippen LogP contribution in [0.1, 0.15) is 60.2 Å². The van der Waals surface area contributed by atoms with Crippen LogP contribution < -0.4 is 10.2 Å². The van der Waals surface area contributed by atoms with Gasteiger partial charge >= 0.3 is 0 Å². The van der Waals surface area contributed by atoms with Gasteiger partial charge in [-0.2, -0.15) is 0 Å². The number of carbonyl (C=O) groups excluding carboxylic acids is 4. The summed E-state index contributed by atoms with van der Waals surface area (Å²) in [6, 6.07) is 4.42. The zero-order valence-corrected chi connectivity index (χ0v) is 19.4. The molecule has 3 aliphatic heterocycles. The Morgan fingerprint density at radius 2 is 1.94 bits per heavy atom. The molecule has 3 fully saturated rings. The van der Waals surface area contributed by atoms with Gasteiger partial charge in [-0.1, -0.05) is 20.3 Å². The quantitative estimate of drug-likeness (QED) is 0.479. The largest absolute Gasteiger partial charge is 0.371 e. The molecule has 1 aromatic rings. The normalized spacial score (nSPS) is 29.3. The van der Waals surface area contributed by atoms with Crippen LogP contribution in [0.3, 0.4) is 0 Å². The molecule has 1 saturated carbocycles. The highest BCUT2D eigenvalue weighted by atomic mass is 16.2. The van der Waals surface area contributed by atoms with Gasteiger partial charge in [-0.05, 0) is 54.7 Å². The molecule has 5 rings (SSSR count). The Labute approximate surface area is 194 Å². The monoisotopic (exact) mass is 452 g/mol.